The van der Waals surface area contributed by atoms with Gasteiger partial charge in [-0.2, -0.15) is 0 Å². The van der Waals surface area contributed by atoms with Crippen molar-refractivity contribution >= 4 is 5.91 Å². The monoisotopic (exact) mass is 319 g/mol. The lowest BCUT2D eigenvalue weighted by molar-refractivity contribution is -0.165. The molecule has 0 radical (unpaired) electrons. The Hall–Kier alpha value is -2.13. The van der Waals surface area contributed by atoms with E-state index >= 15 is 0 Å². The van der Waals surface area contributed by atoms with Crippen molar-refractivity contribution in [1.29, 1.82) is 0 Å². The molecule has 0 spiro atoms. The molecule has 0 aromatic heterocycles. The number of fused-ring (bicyclic) bond motifs is 5. The van der Waals surface area contributed by atoms with Gasteiger partial charge in [0.05, 0.1) is 12.1 Å². The molecule has 0 saturated carbocycles. The number of hydrogen-bond donors (Lipinski definition) is 0. The van der Waals surface area contributed by atoms with E-state index in [1.165, 1.54) is 16.7 Å². The van der Waals surface area contributed by atoms with Gasteiger partial charge in [0.1, 0.15) is 5.72 Å². The van der Waals surface area contributed by atoms with Gasteiger partial charge in [0.2, 0.25) is 5.91 Å². The summed E-state index contributed by atoms with van der Waals surface area (Å²) >= 11 is 0. The molecule has 2 fully saturated rings. The van der Waals surface area contributed by atoms with Crippen molar-refractivity contribution in [2.45, 2.75) is 50.0 Å². The molecule has 2 heterocycles. The average Bonchev–Trinajstić information content (AvgIpc) is 3.08. The molecule has 3 nitrogen and oxygen atoms in total. The lowest BCUT2D eigenvalue weighted by Gasteiger charge is -2.46. The Balaban J connectivity index is 1.60. The van der Waals surface area contributed by atoms with Gasteiger partial charge in [-0.15, -0.1) is 0 Å². The van der Waals surface area contributed by atoms with E-state index in [9.17, 15) is 4.79 Å². The maximum absolute atomic E-state index is 12.9. The van der Waals surface area contributed by atoms with Crippen molar-refractivity contribution in [1.82, 2.24) is 4.90 Å². The molecule has 4 atom stereocenters. The fourth-order valence-corrected chi connectivity index (χ4v) is 5.06. The van der Waals surface area contributed by atoms with E-state index in [1.54, 1.807) is 0 Å². The van der Waals surface area contributed by atoms with Crippen LogP contribution in [0.15, 0.2) is 54.6 Å². The van der Waals surface area contributed by atoms with E-state index in [1.807, 2.05) is 6.07 Å². The first-order valence-electron chi connectivity index (χ1n) is 8.81. The second-order valence-corrected chi connectivity index (χ2v) is 7.32. The molecular weight excluding hydrogens is 298 g/mol. The number of benzene rings is 2. The number of carbonyl (C=O) groups excluding carboxylic acids is 1. The van der Waals surface area contributed by atoms with Crippen LogP contribution in [0.2, 0.25) is 0 Å². The van der Waals surface area contributed by atoms with Gasteiger partial charge in [-0.1, -0.05) is 54.6 Å². The highest BCUT2D eigenvalue weighted by Crippen LogP contribution is 2.55. The van der Waals surface area contributed by atoms with E-state index in [2.05, 4.69) is 60.4 Å². The number of ether oxygens (including phenoxy) is 1. The normalized spacial score (nSPS) is 34.0. The summed E-state index contributed by atoms with van der Waals surface area (Å²) in [7, 11) is 0. The molecule has 0 unspecified atom stereocenters. The Morgan fingerprint density at radius 3 is 2.67 bits per heavy atom. The van der Waals surface area contributed by atoms with Crippen LogP contribution in [0, 0.1) is 0 Å². The predicted molar refractivity (Wildman–Crippen MR) is 91.4 cm³/mol. The zero-order chi connectivity index (χ0) is 16.3. The molecule has 24 heavy (non-hydrogen) atoms. The van der Waals surface area contributed by atoms with Gasteiger partial charge in [-0.25, -0.2) is 0 Å². The average molecular weight is 319 g/mol. The fourth-order valence-electron chi connectivity index (χ4n) is 5.06. The van der Waals surface area contributed by atoms with Gasteiger partial charge in [0.15, 0.2) is 0 Å². The van der Waals surface area contributed by atoms with Crippen LogP contribution in [-0.2, 0) is 16.0 Å². The zero-order valence-electron chi connectivity index (χ0n) is 13.8. The van der Waals surface area contributed by atoms with Gasteiger partial charge in [0.25, 0.3) is 0 Å². The van der Waals surface area contributed by atoms with E-state index in [-0.39, 0.29) is 24.0 Å². The van der Waals surface area contributed by atoms with Crippen molar-refractivity contribution in [3.63, 3.8) is 0 Å². The Labute approximate surface area is 142 Å². The topological polar surface area (TPSA) is 29.5 Å². The highest BCUT2D eigenvalue weighted by molar-refractivity contribution is 5.79. The van der Waals surface area contributed by atoms with Crippen molar-refractivity contribution in [3.05, 3.63) is 71.3 Å². The Morgan fingerprint density at radius 1 is 1.08 bits per heavy atom. The molecule has 1 aliphatic carbocycles. The molecule has 2 aromatic rings. The summed E-state index contributed by atoms with van der Waals surface area (Å²) in [6, 6.07) is 19.1. The first kappa shape index (κ1) is 14.2. The Kier molecular flexibility index (Phi) is 2.93. The molecule has 2 saturated heterocycles. The number of rotatable bonds is 1. The second-order valence-electron chi connectivity index (χ2n) is 7.32. The number of piperidine rings is 1. The third kappa shape index (κ3) is 1.79. The maximum atomic E-state index is 12.9. The largest absolute Gasteiger partial charge is 0.349 e. The number of amides is 1. The Bertz CT molecular complexity index is 802. The van der Waals surface area contributed by atoms with Gasteiger partial charge in [-0.05, 0) is 30.0 Å². The highest BCUT2D eigenvalue weighted by atomic mass is 16.5. The van der Waals surface area contributed by atoms with Gasteiger partial charge in [0, 0.05) is 18.8 Å². The summed E-state index contributed by atoms with van der Waals surface area (Å²) < 4.78 is 6.60. The van der Waals surface area contributed by atoms with Crippen LogP contribution in [0.5, 0.6) is 0 Å². The number of nitrogens with zero attached hydrogens (tertiary/aromatic N) is 1. The SMILES string of the molecule is C[C@]12O[C@@H]3Cc4ccccc4[C@@H]3N1C(=O)CC[C@@H]2c1ccccc1. The summed E-state index contributed by atoms with van der Waals surface area (Å²) in [5, 5.41) is 0. The molecule has 122 valence electrons. The molecule has 1 amide bonds. The third-order valence-electron chi connectivity index (χ3n) is 6.06. The van der Waals surface area contributed by atoms with Crippen molar-refractivity contribution in [3.8, 4) is 0 Å². The van der Waals surface area contributed by atoms with Crippen molar-refractivity contribution in [2.24, 2.45) is 0 Å². The number of hydrogen-bond acceptors (Lipinski definition) is 2. The molecule has 3 aliphatic rings. The second kappa shape index (κ2) is 4.93. The summed E-state index contributed by atoms with van der Waals surface area (Å²) in [5.74, 6) is 0.461. The molecule has 0 bridgehead atoms. The first-order valence-corrected chi connectivity index (χ1v) is 8.81. The summed E-state index contributed by atoms with van der Waals surface area (Å²) in [6.07, 6.45) is 2.45. The molecule has 3 heteroatoms. The molecule has 2 aliphatic heterocycles. The van der Waals surface area contributed by atoms with Crippen LogP contribution in [0.4, 0.5) is 0 Å². The molecule has 0 N–H and O–H groups in total. The Morgan fingerprint density at radius 2 is 1.83 bits per heavy atom. The predicted octanol–water partition coefficient (Wildman–Crippen LogP) is 3.81. The smallest absolute Gasteiger partial charge is 0.225 e. The van der Waals surface area contributed by atoms with E-state index in [4.69, 9.17) is 4.74 Å². The fraction of sp³-hybridized carbons (Fsp3) is 0.381. The third-order valence-corrected chi connectivity index (χ3v) is 6.06. The van der Waals surface area contributed by atoms with Crippen LogP contribution < -0.4 is 0 Å². The van der Waals surface area contributed by atoms with Crippen LogP contribution in [0.1, 0.15) is 48.4 Å². The number of carbonyl (C=O) groups is 1. The van der Waals surface area contributed by atoms with Crippen molar-refractivity contribution in [2.75, 3.05) is 0 Å². The first-order chi connectivity index (χ1) is 11.7. The molecule has 5 rings (SSSR count). The highest BCUT2D eigenvalue weighted by Gasteiger charge is 2.60. The minimum Gasteiger partial charge on any atom is -0.349 e. The standard InChI is InChI=1S/C21H21NO2/c1-21-17(14-7-3-2-4-8-14)11-12-19(23)22(21)20-16-10-6-5-9-15(16)13-18(20)24-21/h2-10,17-18,20H,11-13H2,1H3/t17-,18-,20+,21-/m1/s1. The van der Waals surface area contributed by atoms with Crippen molar-refractivity contribution < 1.29 is 9.53 Å². The van der Waals surface area contributed by atoms with Gasteiger partial charge >= 0.3 is 0 Å². The van der Waals surface area contributed by atoms with Crippen LogP contribution in [0.25, 0.3) is 0 Å². The van der Waals surface area contributed by atoms with Crippen LogP contribution >= 0.6 is 0 Å². The van der Waals surface area contributed by atoms with Gasteiger partial charge in [-0.3, -0.25) is 4.79 Å². The van der Waals surface area contributed by atoms with E-state index < -0.39 is 5.72 Å². The quantitative estimate of drug-likeness (QED) is 0.800. The molecule has 2 aromatic carbocycles. The summed E-state index contributed by atoms with van der Waals surface area (Å²) in [6.45, 7) is 2.11. The summed E-state index contributed by atoms with van der Waals surface area (Å²) in [5.41, 5.74) is 3.32. The van der Waals surface area contributed by atoms with Crippen LogP contribution in [0.3, 0.4) is 0 Å². The summed E-state index contributed by atoms with van der Waals surface area (Å²) in [4.78, 5) is 14.9. The van der Waals surface area contributed by atoms with E-state index in [0.29, 0.717) is 6.42 Å². The minimum absolute atomic E-state index is 0.0743. The van der Waals surface area contributed by atoms with Gasteiger partial charge < -0.3 is 9.64 Å². The lowest BCUT2D eigenvalue weighted by atomic mass is 9.80. The van der Waals surface area contributed by atoms with E-state index in [0.717, 1.165) is 12.8 Å². The zero-order valence-corrected chi connectivity index (χ0v) is 13.8. The molecular formula is C21H21NO2. The maximum Gasteiger partial charge on any atom is 0.225 e. The van der Waals surface area contributed by atoms with Crippen LogP contribution in [-0.4, -0.2) is 22.6 Å². The minimum atomic E-state index is -0.542. The lowest BCUT2D eigenvalue weighted by Crippen LogP contribution is -2.54.